The maximum atomic E-state index is 12.5. The van der Waals surface area contributed by atoms with Crippen LogP contribution in [-0.2, 0) is 4.79 Å². The standard InChI is InChI=1S/C21H24N4O3S/c1-4-28-15-11-9-14(10-12-15)25-17-8-6-5-7-16(17)23-21(25)29-18(13(2)3)19(26)24-20(22)27/h5-13,18H,4H2,1-3H3,(H3,22,24,26,27). The summed E-state index contributed by atoms with van der Waals surface area (Å²) in [5.74, 6) is 0.325. The van der Waals surface area contributed by atoms with Gasteiger partial charge in [0.05, 0.1) is 22.9 Å². The van der Waals surface area contributed by atoms with Gasteiger partial charge >= 0.3 is 6.03 Å². The van der Waals surface area contributed by atoms with Gasteiger partial charge in [-0.05, 0) is 49.2 Å². The number of hydrogen-bond donors (Lipinski definition) is 2. The van der Waals surface area contributed by atoms with Crippen LogP contribution in [0.3, 0.4) is 0 Å². The highest BCUT2D eigenvalue weighted by Crippen LogP contribution is 2.33. The molecule has 0 bridgehead atoms. The Morgan fingerprint density at radius 1 is 1.17 bits per heavy atom. The van der Waals surface area contributed by atoms with Gasteiger partial charge in [0.25, 0.3) is 0 Å². The topological polar surface area (TPSA) is 99.2 Å². The van der Waals surface area contributed by atoms with Gasteiger partial charge in [-0.2, -0.15) is 0 Å². The van der Waals surface area contributed by atoms with E-state index in [0.29, 0.717) is 11.8 Å². The van der Waals surface area contributed by atoms with Gasteiger partial charge in [-0.15, -0.1) is 0 Å². The molecule has 1 aromatic heterocycles. The van der Waals surface area contributed by atoms with Crippen LogP contribution >= 0.6 is 11.8 Å². The number of ether oxygens (including phenoxy) is 1. The van der Waals surface area contributed by atoms with Crippen molar-refractivity contribution in [2.75, 3.05) is 6.61 Å². The molecule has 0 aliphatic carbocycles. The second-order valence-corrected chi connectivity index (χ2v) is 7.89. The van der Waals surface area contributed by atoms with Crippen LogP contribution in [0.1, 0.15) is 20.8 Å². The summed E-state index contributed by atoms with van der Waals surface area (Å²) < 4.78 is 7.54. The van der Waals surface area contributed by atoms with Gasteiger partial charge < -0.3 is 10.5 Å². The number of carbonyl (C=O) groups is 2. The highest BCUT2D eigenvalue weighted by atomic mass is 32.2. The molecule has 2 aromatic carbocycles. The van der Waals surface area contributed by atoms with Crippen LogP contribution in [0.5, 0.6) is 5.75 Å². The lowest BCUT2D eigenvalue weighted by Gasteiger charge is -2.19. The predicted molar refractivity (Wildman–Crippen MR) is 114 cm³/mol. The van der Waals surface area contributed by atoms with E-state index in [1.165, 1.54) is 11.8 Å². The summed E-state index contributed by atoms with van der Waals surface area (Å²) in [5.41, 5.74) is 7.79. The second-order valence-electron chi connectivity index (χ2n) is 6.78. The number of imide groups is 1. The fourth-order valence-electron chi connectivity index (χ4n) is 2.99. The van der Waals surface area contributed by atoms with Gasteiger partial charge in [0, 0.05) is 5.69 Å². The Morgan fingerprint density at radius 3 is 2.48 bits per heavy atom. The SMILES string of the molecule is CCOc1ccc(-n2c(SC(C(=O)NC(N)=O)C(C)C)nc3ccccc32)cc1. The number of hydrogen-bond acceptors (Lipinski definition) is 5. The van der Waals surface area contributed by atoms with Crippen molar-refractivity contribution in [3.05, 3.63) is 48.5 Å². The highest BCUT2D eigenvalue weighted by molar-refractivity contribution is 8.00. The number of thioether (sulfide) groups is 1. The Hall–Kier alpha value is -3.00. The molecule has 3 N–H and O–H groups in total. The van der Waals surface area contributed by atoms with Crippen LogP contribution in [0.2, 0.25) is 0 Å². The molecule has 1 unspecified atom stereocenters. The zero-order valence-electron chi connectivity index (χ0n) is 16.6. The van der Waals surface area contributed by atoms with E-state index in [1.807, 2.05) is 73.9 Å². The van der Waals surface area contributed by atoms with E-state index >= 15 is 0 Å². The number of aromatic nitrogens is 2. The summed E-state index contributed by atoms with van der Waals surface area (Å²) in [6.07, 6.45) is 0. The number of urea groups is 1. The summed E-state index contributed by atoms with van der Waals surface area (Å²) in [6.45, 7) is 6.37. The van der Waals surface area contributed by atoms with Crippen molar-refractivity contribution in [2.24, 2.45) is 11.7 Å². The van der Waals surface area contributed by atoms with Gasteiger partial charge in [0.2, 0.25) is 5.91 Å². The monoisotopic (exact) mass is 412 g/mol. The van der Waals surface area contributed by atoms with Crippen LogP contribution in [0, 0.1) is 5.92 Å². The molecule has 29 heavy (non-hydrogen) atoms. The molecule has 0 spiro atoms. The quantitative estimate of drug-likeness (QED) is 0.576. The Labute approximate surface area is 173 Å². The molecule has 152 valence electrons. The minimum atomic E-state index is -0.860. The third kappa shape index (κ3) is 4.71. The molecule has 0 aliphatic rings. The van der Waals surface area contributed by atoms with E-state index in [-0.39, 0.29) is 5.92 Å². The minimum Gasteiger partial charge on any atom is -0.494 e. The van der Waals surface area contributed by atoms with E-state index in [1.54, 1.807) is 0 Å². The van der Waals surface area contributed by atoms with E-state index < -0.39 is 17.2 Å². The van der Waals surface area contributed by atoms with Gasteiger partial charge in [-0.25, -0.2) is 9.78 Å². The van der Waals surface area contributed by atoms with E-state index in [2.05, 4.69) is 5.32 Å². The van der Waals surface area contributed by atoms with Crippen molar-refractivity contribution in [1.82, 2.24) is 14.9 Å². The fourth-order valence-corrected chi connectivity index (χ4v) is 4.11. The maximum Gasteiger partial charge on any atom is 0.318 e. The summed E-state index contributed by atoms with van der Waals surface area (Å²) >= 11 is 1.31. The number of nitrogens with two attached hydrogens (primary N) is 1. The Balaban J connectivity index is 2.04. The summed E-state index contributed by atoms with van der Waals surface area (Å²) in [5, 5.41) is 2.32. The van der Waals surface area contributed by atoms with Crippen LogP contribution < -0.4 is 15.8 Å². The smallest absolute Gasteiger partial charge is 0.318 e. The molecule has 7 nitrogen and oxygen atoms in total. The lowest BCUT2D eigenvalue weighted by atomic mass is 10.1. The number of amides is 3. The average Bonchev–Trinajstić information content (AvgIpc) is 3.04. The molecule has 3 rings (SSSR count). The zero-order valence-corrected chi connectivity index (χ0v) is 17.4. The third-order valence-electron chi connectivity index (χ3n) is 4.28. The van der Waals surface area contributed by atoms with Crippen molar-refractivity contribution in [3.63, 3.8) is 0 Å². The molecular formula is C21H24N4O3S. The predicted octanol–water partition coefficient (Wildman–Crippen LogP) is 3.74. The van der Waals surface area contributed by atoms with Crippen LogP contribution in [0.4, 0.5) is 4.79 Å². The first-order valence-electron chi connectivity index (χ1n) is 9.38. The molecule has 8 heteroatoms. The van der Waals surface area contributed by atoms with Crippen molar-refractivity contribution >= 4 is 34.7 Å². The molecule has 3 aromatic rings. The van der Waals surface area contributed by atoms with Gasteiger partial charge in [0.15, 0.2) is 5.16 Å². The average molecular weight is 413 g/mol. The van der Waals surface area contributed by atoms with Crippen molar-refractivity contribution < 1.29 is 14.3 Å². The van der Waals surface area contributed by atoms with Gasteiger partial charge in [-0.3, -0.25) is 14.7 Å². The number of para-hydroxylation sites is 2. The molecule has 0 aliphatic heterocycles. The Bertz CT molecular complexity index is 1010. The summed E-state index contributed by atoms with van der Waals surface area (Å²) in [6, 6.07) is 14.6. The zero-order chi connectivity index (χ0) is 21.0. The van der Waals surface area contributed by atoms with E-state index in [9.17, 15) is 9.59 Å². The number of nitrogens with one attached hydrogen (secondary N) is 1. The first-order chi connectivity index (χ1) is 13.9. The Kier molecular flexibility index (Phi) is 6.43. The largest absolute Gasteiger partial charge is 0.494 e. The first kappa shape index (κ1) is 20.7. The number of rotatable bonds is 7. The minimum absolute atomic E-state index is 0.0343. The third-order valence-corrected chi connectivity index (χ3v) is 5.78. The molecule has 0 saturated heterocycles. The molecule has 0 saturated carbocycles. The Morgan fingerprint density at radius 2 is 1.86 bits per heavy atom. The van der Waals surface area contributed by atoms with E-state index in [0.717, 1.165) is 22.5 Å². The number of nitrogens with zero attached hydrogens (tertiary/aromatic N) is 2. The molecule has 1 heterocycles. The maximum absolute atomic E-state index is 12.5. The lowest BCUT2D eigenvalue weighted by molar-refractivity contribution is -0.120. The fraction of sp³-hybridized carbons (Fsp3) is 0.286. The van der Waals surface area contributed by atoms with E-state index in [4.69, 9.17) is 15.5 Å². The number of primary amides is 1. The molecule has 0 fully saturated rings. The van der Waals surface area contributed by atoms with Gasteiger partial charge in [-0.1, -0.05) is 37.7 Å². The summed E-state index contributed by atoms with van der Waals surface area (Å²) in [4.78, 5) is 28.4. The first-order valence-corrected chi connectivity index (χ1v) is 10.3. The summed E-state index contributed by atoms with van der Waals surface area (Å²) in [7, 11) is 0. The normalized spacial score (nSPS) is 12.1. The molecule has 1 atom stereocenters. The van der Waals surface area contributed by atoms with Gasteiger partial charge in [0.1, 0.15) is 5.75 Å². The molecule has 3 amide bonds. The van der Waals surface area contributed by atoms with Crippen molar-refractivity contribution in [2.45, 2.75) is 31.2 Å². The molecule has 0 radical (unpaired) electrons. The number of imidazole rings is 1. The van der Waals surface area contributed by atoms with Crippen molar-refractivity contribution in [3.8, 4) is 11.4 Å². The van der Waals surface area contributed by atoms with Crippen LogP contribution in [0.15, 0.2) is 53.7 Å². The molecular weight excluding hydrogens is 388 g/mol. The van der Waals surface area contributed by atoms with Crippen LogP contribution in [0.25, 0.3) is 16.7 Å². The lowest BCUT2D eigenvalue weighted by Crippen LogP contribution is -2.42. The van der Waals surface area contributed by atoms with Crippen molar-refractivity contribution in [1.29, 1.82) is 0 Å². The number of carbonyl (C=O) groups excluding carboxylic acids is 2. The number of fused-ring (bicyclic) bond motifs is 1. The highest BCUT2D eigenvalue weighted by Gasteiger charge is 2.27. The van der Waals surface area contributed by atoms with Crippen LogP contribution in [-0.4, -0.2) is 33.3 Å². The second kappa shape index (κ2) is 9.00. The number of benzene rings is 2.